The Hall–Kier alpha value is -1.15. The third-order valence-corrected chi connectivity index (χ3v) is 7.70. The lowest BCUT2D eigenvalue weighted by Gasteiger charge is -2.30. The second kappa shape index (κ2) is 8.90. The number of carbonyl (C=O) groups is 1. The number of ether oxygens (including phenoxy) is 1. The summed E-state index contributed by atoms with van der Waals surface area (Å²) in [5, 5.41) is 3.03. The highest BCUT2D eigenvalue weighted by molar-refractivity contribution is 7.89. The second-order valence-corrected chi connectivity index (χ2v) is 9.70. The van der Waals surface area contributed by atoms with Gasteiger partial charge in [-0.3, -0.25) is 4.79 Å². The van der Waals surface area contributed by atoms with E-state index < -0.39 is 10.0 Å². The molecule has 1 aromatic rings. The lowest BCUT2D eigenvalue weighted by atomic mass is 9.96. The molecule has 0 spiro atoms. The van der Waals surface area contributed by atoms with E-state index >= 15 is 0 Å². The molecular formula is C19H27ClN2O4S. The van der Waals surface area contributed by atoms with Crippen molar-refractivity contribution in [1.29, 1.82) is 0 Å². The fourth-order valence-electron chi connectivity index (χ4n) is 3.75. The first-order valence-corrected chi connectivity index (χ1v) is 11.4. The van der Waals surface area contributed by atoms with Crippen molar-refractivity contribution in [2.24, 2.45) is 0 Å². The Balaban J connectivity index is 1.75. The van der Waals surface area contributed by atoms with E-state index in [2.05, 4.69) is 5.32 Å². The average Bonchev–Trinajstić information content (AvgIpc) is 3.20. The van der Waals surface area contributed by atoms with Crippen LogP contribution in [0.3, 0.4) is 0 Å². The van der Waals surface area contributed by atoms with Crippen LogP contribution >= 0.6 is 11.6 Å². The van der Waals surface area contributed by atoms with Crippen LogP contribution in [0.25, 0.3) is 0 Å². The number of rotatable bonds is 6. The van der Waals surface area contributed by atoms with E-state index in [1.165, 1.54) is 22.5 Å². The molecule has 0 bridgehead atoms. The summed E-state index contributed by atoms with van der Waals surface area (Å²) in [6.07, 6.45) is 6.90. The molecule has 1 aliphatic carbocycles. The van der Waals surface area contributed by atoms with Gasteiger partial charge in [0.25, 0.3) is 5.91 Å². The van der Waals surface area contributed by atoms with Crippen LogP contribution in [0, 0.1) is 0 Å². The number of halogens is 1. The van der Waals surface area contributed by atoms with E-state index in [4.69, 9.17) is 16.3 Å². The minimum absolute atomic E-state index is 0.0104. The van der Waals surface area contributed by atoms with Crippen LogP contribution in [0.2, 0.25) is 5.02 Å². The summed E-state index contributed by atoms with van der Waals surface area (Å²) in [7, 11) is -2.05. The van der Waals surface area contributed by atoms with Crippen LogP contribution in [0.4, 0.5) is 0 Å². The van der Waals surface area contributed by atoms with Crippen molar-refractivity contribution < 1.29 is 17.9 Å². The zero-order chi connectivity index (χ0) is 19.4. The summed E-state index contributed by atoms with van der Waals surface area (Å²) in [4.78, 5) is 12.6. The Morgan fingerprint density at radius 3 is 2.63 bits per heavy atom. The predicted octanol–water partition coefficient (Wildman–Crippen LogP) is 3.20. The largest absolute Gasteiger partial charge is 0.376 e. The van der Waals surface area contributed by atoms with Crippen LogP contribution < -0.4 is 5.32 Å². The van der Waals surface area contributed by atoms with Crippen molar-refractivity contribution in [1.82, 2.24) is 9.62 Å². The summed E-state index contributed by atoms with van der Waals surface area (Å²) in [5.74, 6) is -0.382. The van der Waals surface area contributed by atoms with Gasteiger partial charge >= 0.3 is 0 Å². The highest BCUT2D eigenvalue weighted by atomic mass is 35.5. The molecule has 1 amide bonds. The lowest BCUT2D eigenvalue weighted by molar-refractivity contribution is 0.0857. The maximum absolute atomic E-state index is 13.0. The molecule has 1 aliphatic heterocycles. The Morgan fingerprint density at radius 2 is 1.96 bits per heavy atom. The molecule has 6 nitrogen and oxygen atoms in total. The number of amides is 1. The predicted molar refractivity (Wildman–Crippen MR) is 105 cm³/mol. The number of hydrogen-bond acceptors (Lipinski definition) is 4. The van der Waals surface area contributed by atoms with Crippen molar-refractivity contribution in [3.63, 3.8) is 0 Å². The van der Waals surface area contributed by atoms with Crippen LogP contribution in [0.15, 0.2) is 23.1 Å². The standard InChI is InChI=1S/C19H27ClN2O4S/c1-22(14-6-3-2-4-7-14)27(24,25)16-9-10-18(20)17(12-16)19(23)21-13-15-8-5-11-26-15/h9-10,12,14-15H,2-8,11,13H2,1H3,(H,21,23). The number of carbonyl (C=O) groups excluding carboxylic acids is 1. The highest BCUT2D eigenvalue weighted by Crippen LogP contribution is 2.28. The summed E-state index contributed by atoms with van der Waals surface area (Å²) >= 11 is 6.16. The van der Waals surface area contributed by atoms with Gasteiger partial charge in [0.1, 0.15) is 0 Å². The van der Waals surface area contributed by atoms with Crippen LogP contribution in [0.5, 0.6) is 0 Å². The molecule has 1 aromatic carbocycles. The van der Waals surface area contributed by atoms with Crippen LogP contribution in [-0.2, 0) is 14.8 Å². The van der Waals surface area contributed by atoms with Gasteiger partial charge in [0.05, 0.1) is 21.6 Å². The smallest absolute Gasteiger partial charge is 0.252 e. The molecule has 2 aliphatic rings. The molecule has 3 rings (SSSR count). The highest BCUT2D eigenvalue weighted by Gasteiger charge is 2.30. The van der Waals surface area contributed by atoms with Crippen molar-refractivity contribution in [2.45, 2.75) is 62.0 Å². The Kier molecular flexibility index (Phi) is 6.78. The molecule has 1 unspecified atom stereocenters. The number of nitrogens with zero attached hydrogens (tertiary/aromatic N) is 1. The molecule has 1 N–H and O–H groups in total. The van der Waals surface area contributed by atoms with Crippen molar-refractivity contribution in [3.05, 3.63) is 28.8 Å². The first-order valence-electron chi connectivity index (χ1n) is 9.57. The molecular weight excluding hydrogens is 388 g/mol. The summed E-state index contributed by atoms with van der Waals surface area (Å²) in [6.45, 7) is 1.11. The van der Waals surface area contributed by atoms with Crippen molar-refractivity contribution in [3.8, 4) is 0 Å². The molecule has 1 saturated heterocycles. The minimum Gasteiger partial charge on any atom is -0.376 e. The average molecular weight is 415 g/mol. The van der Waals surface area contributed by atoms with Gasteiger partial charge < -0.3 is 10.1 Å². The molecule has 0 aromatic heterocycles. The third kappa shape index (κ3) is 4.83. The fourth-order valence-corrected chi connectivity index (χ4v) is 5.40. The van der Waals surface area contributed by atoms with Gasteiger partial charge in [0.15, 0.2) is 0 Å². The van der Waals surface area contributed by atoms with E-state index in [9.17, 15) is 13.2 Å². The Labute approximate surface area is 166 Å². The van der Waals surface area contributed by atoms with Crippen molar-refractivity contribution in [2.75, 3.05) is 20.2 Å². The fraction of sp³-hybridized carbons (Fsp3) is 0.632. The zero-order valence-corrected chi connectivity index (χ0v) is 17.2. The molecule has 2 fully saturated rings. The SMILES string of the molecule is CN(C1CCCCC1)S(=O)(=O)c1ccc(Cl)c(C(=O)NCC2CCCO2)c1. The third-order valence-electron chi connectivity index (χ3n) is 5.46. The number of sulfonamides is 1. The topological polar surface area (TPSA) is 75.7 Å². The maximum atomic E-state index is 13.0. The molecule has 1 heterocycles. The van der Waals surface area contributed by atoms with Gasteiger partial charge in [-0.05, 0) is 43.9 Å². The van der Waals surface area contributed by atoms with E-state index in [-0.39, 0.29) is 33.5 Å². The zero-order valence-electron chi connectivity index (χ0n) is 15.6. The van der Waals surface area contributed by atoms with Gasteiger partial charge in [0.2, 0.25) is 10.0 Å². The molecule has 1 saturated carbocycles. The van der Waals surface area contributed by atoms with Gasteiger partial charge in [0, 0.05) is 26.2 Å². The van der Waals surface area contributed by atoms with Gasteiger partial charge in [-0.15, -0.1) is 0 Å². The molecule has 8 heteroatoms. The van der Waals surface area contributed by atoms with E-state index in [1.54, 1.807) is 7.05 Å². The van der Waals surface area contributed by atoms with Gasteiger partial charge in [-0.1, -0.05) is 30.9 Å². The normalized spacial score (nSPS) is 21.5. The molecule has 0 radical (unpaired) electrons. The lowest BCUT2D eigenvalue weighted by Crippen LogP contribution is -2.38. The van der Waals surface area contributed by atoms with Gasteiger partial charge in [-0.2, -0.15) is 4.31 Å². The summed E-state index contributed by atoms with van der Waals surface area (Å²) in [5.41, 5.74) is 0.174. The monoisotopic (exact) mass is 414 g/mol. The van der Waals surface area contributed by atoms with E-state index in [0.29, 0.717) is 13.2 Å². The van der Waals surface area contributed by atoms with Crippen LogP contribution in [-0.4, -0.2) is 51.0 Å². The van der Waals surface area contributed by atoms with Gasteiger partial charge in [-0.25, -0.2) is 8.42 Å². The first-order chi connectivity index (χ1) is 12.9. The first kappa shape index (κ1) is 20.6. The molecule has 150 valence electrons. The second-order valence-electron chi connectivity index (χ2n) is 7.30. The molecule has 1 atom stereocenters. The Bertz CT molecular complexity index is 772. The quantitative estimate of drug-likeness (QED) is 0.775. The summed E-state index contributed by atoms with van der Waals surface area (Å²) < 4.78 is 33.0. The number of nitrogens with one attached hydrogen (secondary N) is 1. The van der Waals surface area contributed by atoms with E-state index in [1.807, 2.05) is 0 Å². The van der Waals surface area contributed by atoms with E-state index in [0.717, 1.165) is 44.9 Å². The van der Waals surface area contributed by atoms with Crippen molar-refractivity contribution >= 4 is 27.5 Å². The molecule has 27 heavy (non-hydrogen) atoms. The maximum Gasteiger partial charge on any atom is 0.252 e. The Morgan fingerprint density at radius 1 is 1.22 bits per heavy atom. The van der Waals surface area contributed by atoms with Crippen LogP contribution in [0.1, 0.15) is 55.3 Å². The number of benzene rings is 1. The number of hydrogen-bond donors (Lipinski definition) is 1. The minimum atomic E-state index is -3.67. The summed E-state index contributed by atoms with van der Waals surface area (Å²) in [6, 6.07) is 4.33.